The second-order valence-electron chi connectivity index (χ2n) is 5.25. The summed E-state index contributed by atoms with van der Waals surface area (Å²) in [6.45, 7) is 7.73. The maximum absolute atomic E-state index is 6.34. The average molecular weight is 238 g/mol. The Morgan fingerprint density at radius 2 is 2.12 bits per heavy atom. The molecule has 1 N–H and O–H groups in total. The van der Waals surface area contributed by atoms with Gasteiger partial charge < -0.3 is 5.32 Å². The summed E-state index contributed by atoms with van der Waals surface area (Å²) in [6, 6.07) is 6.53. The van der Waals surface area contributed by atoms with Crippen LogP contribution in [0, 0.1) is 0 Å². The van der Waals surface area contributed by atoms with Gasteiger partial charge in [0.15, 0.2) is 0 Å². The Hall–Kier alpha value is -0.530. The first kappa shape index (κ1) is 11.9. The van der Waals surface area contributed by atoms with Crippen LogP contribution in [0.5, 0.6) is 0 Å². The van der Waals surface area contributed by atoms with Crippen LogP contribution in [0.15, 0.2) is 18.2 Å². The molecule has 1 aliphatic heterocycles. The summed E-state index contributed by atoms with van der Waals surface area (Å²) in [6.07, 6.45) is 2.45. The predicted molar refractivity (Wildman–Crippen MR) is 70.1 cm³/mol. The van der Waals surface area contributed by atoms with E-state index in [1.807, 2.05) is 0 Å². The second-order valence-corrected chi connectivity index (χ2v) is 5.66. The van der Waals surface area contributed by atoms with Crippen LogP contribution in [0.1, 0.15) is 50.7 Å². The third kappa shape index (κ3) is 2.11. The van der Waals surface area contributed by atoms with Crippen LogP contribution in [0.25, 0.3) is 0 Å². The van der Waals surface area contributed by atoms with E-state index in [4.69, 9.17) is 11.6 Å². The molecular weight excluding hydrogens is 218 g/mol. The van der Waals surface area contributed by atoms with Gasteiger partial charge >= 0.3 is 0 Å². The topological polar surface area (TPSA) is 12.0 Å². The maximum atomic E-state index is 6.34. The molecule has 0 radical (unpaired) electrons. The summed E-state index contributed by atoms with van der Waals surface area (Å²) in [5.74, 6) is 0.492. The number of halogens is 1. The molecule has 1 aromatic rings. The summed E-state index contributed by atoms with van der Waals surface area (Å²) in [5, 5.41) is 4.47. The molecule has 2 heteroatoms. The SMILES string of the molecule is CC(C)c1ccc(C2(C)CCCN2)cc1Cl. The molecule has 0 aromatic heterocycles. The Kier molecular flexibility index (Phi) is 3.27. The zero-order valence-corrected chi connectivity index (χ0v) is 11.1. The molecule has 1 fully saturated rings. The fraction of sp³-hybridized carbons (Fsp3) is 0.571. The van der Waals surface area contributed by atoms with Gasteiger partial charge in [-0.1, -0.05) is 37.6 Å². The zero-order chi connectivity index (χ0) is 11.8. The minimum absolute atomic E-state index is 0.124. The van der Waals surface area contributed by atoms with E-state index in [-0.39, 0.29) is 5.54 Å². The molecule has 0 spiro atoms. The maximum Gasteiger partial charge on any atom is 0.0444 e. The fourth-order valence-corrected chi connectivity index (χ4v) is 2.88. The standard InChI is InChI=1S/C14H20ClN/c1-10(2)12-6-5-11(9-13(12)15)14(3)7-4-8-16-14/h5-6,9-10,16H,4,7-8H2,1-3H3. The van der Waals surface area contributed by atoms with Crippen LogP contribution >= 0.6 is 11.6 Å². The minimum Gasteiger partial charge on any atom is -0.308 e. The van der Waals surface area contributed by atoms with E-state index < -0.39 is 0 Å². The van der Waals surface area contributed by atoms with E-state index >= 15 is 0 Å². The van der Waals surface area contributed by atoms with Crippen molar-refractivity contribution in [2.45, 2.75) is 45.1 Å². The molecule has 1 unspecified atom stereocenters. The van der Waals surface area contributed by atoms with Crippen molar-refractivity contribution in [3.63, 3.8) is 0 Å². The summed E-state index contributed by atoms with van der Waals surface area (Å²) >= 11 is 6.34. The van der Waals surface area contributed by atoms with Crippen molar-refractivity contribution in [3.8, 4) is 0 Å². The lowest BCUT2D eigenvalue weighted by Gasteiger charge is -2.26. The highest BCUT2D eigenvalue weighted by atomic mass is 35.5. The van der Waals surface area contributed by atoms with E-state index in [1.54, 1.807) is 0 Å². The van der Waals surface area contributed by atoms with Crippen molar-refractivity contribution in [1.29, 1.82) is 0 Å². The van der Waals surface area contributed by atoms with Crippen LogP contribution in [-0.4, -0.2) is 6.54 Å². The van der Waals surface area contributed by atoms with E-state index in [9.17, 15) is 0 Å². The van der Waals surface area contributed by atoms with Crippen molar-refractivity contribution in [2.75, 3.05) is 6.54 Å². The quantitative estimate of drug-likeness (QED) is 0.818. The number of nitrogens with one attached hydrogen (secondary N) is 1. The molecular formula is C14H20ClN. The van der Waals surface area contributed by atoms with Gasteiger partial charge in [-0.3, -0.25) is 0 Å². The average Bonchev–Trinajstić information content (AvgIpc) is 2.66. The van der Waals surface area contributed by atoms with Crippen molar-refractivity contribution in [3.05, 3.63) is 34.3 Å². The highest BCUT2D eigenvalue weighted by molar-refractivity contribution is 6.31. The third-order valence-corrected chi connectivity index (χ3v) is 3.96. The summed E-state index contributed by atoms with van der Waals surface area (Å²) in [4.78, 5) is 0. The molecule has 1 atom stereocenters. The van der Waals surface area contributed by atoms with Crippen LogP contribution in [0.3, 0.4) is 0 Å². The Labute approximate surface area is 103 Å². The minimum atomic E-state index is 0.124. The first-order chi connectivity index (χ1) is 7.53. The Morgan fingerprint density at radius 3 is 2.62 bits per heavy atom. The van der Waals surface area contributed by atoms with Crippen LogP contribution in [0.2, 0.25) is 5.02 Å². The third-order valence-electron chi connectivity index (χ3n) is 3.63. The number of hydrogen-bond donors (Lipinski definition) is 1. The van der Waals surface area contributed by atoms with Gasteiger partial charge in [0, 0.05) is 10.6 Å². The van der Waals surface area contributed by atoms with E-state index in [0.717, 1.165) is 11.6 Å². The molecule has 2 rings (SSSR count). The van der Waals surface area contributed by atoms with Crippen molar-refractivity contribution < 1.29 is 0 Å². The second kappa shape index (κ2) is 4.38. The molecule has 0 aliphatic carbocycles. The number of rotatable bonds is 2. The van der Waals surface area contributed by atoms with Gasteiger partial charge in [0.2, 0.25) is 0 Å². The van der Waals surface area contributed by atoms with Crippen LogP contribution in [0.4, 0.5) is 0 Å². The molecule has 1 nitrogen and oxygen atoms in total. The molecule has 0 bridgehead atoms. The van der Waals surface area contributed by atoms with E-state index in [2.05, 4.69) is 44.3 Å². The van der Waals surface area contributed by atoms with Gasteiger partial charge in [-0.25, -0.2) is 0 Å². The smallest absolute Gasteiger partial charge is 0.0444 e. The van der Waals surface area contributed by atoms with Crippen molar-refractivity contribution >= 4 is 11.6 Å². The first-order valence-electron chi connectivity index (χ1n) is 6.08. The van der Waals surface area contributed by atoms with Gasteiger partial charge in [0.05, 0.1) is 0 Å². The Balaban J connectivity index is 2.34. The monoisotopic (exact) mass is 237 g/mol. The molecule has 1 heterocycles. The first-order valence-corrected chi connectivity index (χ1v) is 6.46. The predicted octanol–water partition coefficient (Wildman–Crippen LogP) is 4.06. The largest absolute Gasteiger partial charge is 0.308 e. The van der Waals surface area contributed by atoms with Crippen LogP contribution < -0.4 is 5.32 Å². The van der Waals surface area contributed by atoms with Gasteiger partial charge in [0.1, 0.15) is 0 Å². The lowest BCUT2D eigenvalue weighted by molar-refractivity contribution is 0.434. The lowest BCUT2D eigenvalue weighted by Crippen LogP contribution is -2.33. The summed E-state index contributed by atoms with van der Waals surface area (Å²) in [7, 11) is 0. The van der Waals surface area contributed by atoms with Gasteiger partial charge in [-0.2, -0.15) is 0 Å². The number of benzene rings is 1. The summed E-state index contributed by atoms with van der Waals surface area (Å²) < 4.78 is 0. The van der Waals surface area contributed by atoms with Gasteiger partial charge in [-0.05, 0) is 49.4 Å². The zero-order valence-electron chi connectivity index (χ0n) is 10.3. The highest BCUT2D eigenvalue weighted by Gasteiger charge is 2.30. The molecule has 88 valence electrons. The van der Waals surface area contributed by atoms with Gasteiger partial charge in [-0.15, -0.1) is 0 Å². The Bertz CT molecular complexity index is 378. The molecule has 1 saturated heterocycles. The normalized spacial score (nSPS) is 25.3. The van der Waals surface area contributed by atoms with Crippen molar-refractivity contribution in [2.24, 2.45) is 0 Å². The fourth-order valence-electron chi connectivity index (χ4n) is 2.48. The highest BCUT2D eigenvalue weighted by Crippen LogP contribution is 2.34. The number of hydrogen-bond acceptors (Lipinski definition) is 1. The molecule has 0 saturated carbocycles. The molecule has 16 heavy (non-hydrogen) atoms. The lowest BCUT2D eigenvalue weighted by atomic mass is 9.89. The van der Waals surface area contributed by atoms with E-state index in [1.165, 1.54) is 24.0 Å². The van der Waals surface area contributed by atoms with Crippen molar-refractivity contribution in [1.82, 2.24) is 5.32 Å². The van der Waals surface area contributed by atoms with Crippen LogP contribution in [-0.2, 0) is 5.54 Å². The molecule has 1 aromatic carbocycles. The molecule has 1 aliphatic rings. The Morgan fingerprint density at radius 1 is 1.38 bits per heavy atom. The molecule has 0 amide bonds. The summed E-state index contributed by atoms with van der Waals surface area (Å²) in [5.41, 5.74) is 2.69. The van der Waals surface area contributed by atoms with E-state index in [0.29, 0.717) is 5.92 Å². The van der Waals surface area contributed by atoms with Gasteiger partial charge in [0.25, 0.3) is 0 Å².